The van der Waals surface area contributed by atoms with Gasteiger partial charge in [-0.25, -0.2) is 4.98 Å². The topological polar surface area (TPSA) is 40.2 Å². The molecule has 3 N–H and O–H groups in total. The third-order valence-corrected chi connectivity index (χ3v) is 1.68. The van der Waals surface area contributed by atoms with Gasteiger partial charge >= 0.3 is 0 Å². The second kappa shape index (κ2) is 2.23. The highest BCUT2D eigenvalue weighted by molar-refractivity contribution is 5.77. The first-order valence-electron chi connectivity index (χ1n) is 3.52. The molecule has 0 fully saturated rings. The maximum atomic E-state index is 5.59. The SMILES string of the molecule is Nc1c[nH+]c2ccccc2c1. The van der Waals surface area contributed by atoms with Crippen molar-refractivity contribution in [3.8, 4) is 0 Å². The molecule has 1 aromatic carbocycles. The number of hydrogen-bond acceptors (Lipinski definition) is 1. The summed E-state index contributed by atoms with van der Waals surface area (Å²) < 4.78 is 0. The molecule has 0 saturated carbocycles. The van der Waals surface area contributed by atoms with E-state index < -0.39 is 0 Å². The summed E-state index contributed by atoms with van der Waals surface area (Å²) in [6.07, 6.45) is 1.79. The summed E-state index contributed by atoms with van der Waals surface area (Å²) in [6, 6.07) is 9.99. The van der Waals surface area contributed by atoms with Crippen LogP contribution in [0.2, 0.25) is 0 Å². The number of rotatable bonds is 0. The van der Waals surface area contributed by atoms with Crippen molar-refractivity contribution in [1.29, 1.82) is 0 Å². The van der Waals surface area contributed by atoms with Crippen LogP contribution < -0.4 is 10.7 Å². The second-order valence-electron chi connectivity index (χ2n) is 2.52. The Morgan fingerprint density at radius 1 is 1.18 bits per heavy atom. The molecule has 0 saturated heterocycles. The largest absolute Gasteiger partial charge is 0.394 e. The highest BCUT2D eigenvalue weighted by Gasteiger charge is 1.97. The maximum absolute atomic E-state index is 5.59. The summed E-state index contributed by atoms with van der Waals surface area (Å²) in [7, 11) is 0. The normalized spacial score (nSPS) is 10.2. The van der Waals surface area contributed by atoms with Gasteiger partial charge in [-0.15, -0.1) is 0 Å². The van der Waals surface area contributed by atoms with Crippen LogP contribution >= 0.6 is 0 Å². The van der Waals surface area contributed by atoms with Crippen molar-refractivity contribution < 1.29 is 4.98 Å². The molecule has 2 rings (SSSR count). The van der Waals surface area contributed by atoms with Crippen LogP contribution in [0.25, 0.3) is 10.9 Å². The number of aromatic amines is 1. The number of nitrogens with one attached hydrogen (secondary N) is 1. The fraction of sp³-hybridized carbons (Fsp3) is 0. The minimum absolute atomic E-state index is 0.767. The van der Waals surface area contributed by atoms with E-state index in [0.29, 0.717) is 0 Å². The van der Waals surface area contributed by atoms with Crippen LogP contribution in [0, 0.1) is 0 Å². The summed E-state index contributed by atoms with van der Waals surface area (Å²) in [5.41, 5.74) is 7.47. The molecule has 2 nitrogen and oxygen atoms in total. The molecule has 0 atom stereocenters. The van der Waals surface area contributed by atoms with Gasteiger partial charge < -0.3 is 5.73 Å². The number of nitrogens with two attached hydrogens (primary N) is 1. The Morgan fingerprint density at radius 3 is 2.91 bits per heavy atom. The molecule has 0 bridgehead atoms. The molecule has 0 aliphatic carbocycles. The quantitative estimate of drug-likeness (QED) is 0.595. The number of para-hydroxylation sites is 1. The maximum Gasteiger partial charge on any atom is 0.210 e. The number of nitrogen functional groups attached to an aromatic ring is 1. The smallest absolute Gasteiger partial charge is 0.210 e. The van der Waals surface area contributed by atoms with Crippen molar-refractivity contribution in [3.63, 3.8) is 0 Å². The Bertz CT molecular complexity index is 382. The van der Waals surface area contributed by atoms with E-state index >= 15 is 0 Å². The van der Waals surface area contributed by atoms with Crippen LogP contribution in [0.1, 0.15) is 0 Å². The number of H-pyrrole nitrogens is 1. The fourth-order valence-electron chi connectivity index (χ4n) is 1.14. The molecular formula is C9H9N2+. The summed E-state index contributed by atoms with van der Waals surface area (Å²) in [4.78, 5) is 3.09. The highest BCUT2D eigenvalue weighted by Crippen LogP contribution is 2.09. The Hall–Kier alpha value is -1.57. The van der Waals surface area contributed by atoms with E-state index in [0.717, 1.165) is 16.6 Å². The third-order valence-electron chi connectivity index (χ3n) is 1.68. The zero-order chi connectivity index (χ0) is 7.68. The van der Waals surface area contributed by atoms with Crippen LogP contribution in [-0.4, -0.2) is 0 Å². The molecule has 11 heavy (non-hydrogen) atoms. The molecule has 0 aliphatic rings. The molecule has 2 heteroatoms. The van der Waals surface area contributed by atoms with Gasteiger partial charge in [-0.3, -0.25) is 0 Å². The number of anilines is 1. The van der Waals surface area contributed by atoms with Crippen LogP contribution in [0.5, 0.6) is 0 Å². The van der Waals surface area contributed by atoms with E-state index in [4.69, 9.17) is 5.73 Å². The van der Waals surface area contributed by atoms with Gasteiger partial charge in [-0.1, -0.05) is 12.1 Å². The number of aromatic nitrogens is 1. The average Bonchev–Trinajstić information content (AvgIpc) is 2.04. The van der Waals surface area contributed by atoms with Gasteiger partial charge in [-0.2, -0.15) is 0 Å². The second-order valence-corrected chi connectivity index (χ2v) is 2.52. The number of hydrogen-bond donors (Lipinski definition) is 1. The molecule has 0 radical (unpaired) electrons. The van der Waals surface area contributed by atoms with Crippen molar-refractivity contribution >= 4 is 16.6 Å². The Labute approximate surface area is 64.7 Å². The predicted molar refractivity (Wildman–Crippen MR) is 44.9 cm³/mol. The lowest BCUT2D eigenvalue weighted by Gasteiger charge is -1.90. The van der Waals surface area contributed by atoms with E-state index in [1.807, 2.05) is 30.3 Å². The van der Waals surface area contributed by atoms with Gasteiger partial charge in [-0.05, 0) is 12.1 Å². The van der Waals surface area contributed by atoms with Crippen LogP contribution in [0.3, 0.4) is 0 Å². The van der Waals surface area contributed by atoms with E-state index in [1.54, 1.807) is 6.20 Å². The molecule has 0 spiro atoms. The van der Waals surface area contributed by atoms with Crippen molar-refractivity contribution in [2.45, 2.75) is 0 Å². The highest BCUT2D eigenvalue weighted by atomic mass is 14.7. The van der Waals surface area contributed by atoms with Crippen LogP contribution in [0.15, 0.2) is 36.5 Å². The lowest BCUT2D eigenvalue weighted by atomic mass is 10.2. The first-order valence-corrected chi connectivity index (χ1v) is 3.52. The van der Waals surface area contributed by atoms with Gasteiger partial charge in [0.25, 0.3) is 0 Å². The average molecular weight is 145 g/mol. The third kappa shape index (κ3) is 1.03. The Kier molecular flexibility index (Phi) is 1.25. The first-order chi connectivity index (χ1) is 5.36. The molecule has 0 amide bonds. The van der Waals surface area contributed by atoms with Crippen LogP contribution in [0.4, 0.5) is 5.69 Å². The van der Waals surface area contributed by atoms with Gasteiger partial charge in [0.2, 0.25) is 5.52 Å². The lowest BCUT2D eigenvalue weighted by Crippen LogP contribution is -2.03. The number of fused-ring (bicyclic) bond motifs is 1. The number of benzene rings is 1. The van der Waals surface area contributed by atoms with Crippen molar-refractivity contribution in [2.75, 3.05) is 5.73 Å². The Balaban J connectivity index is 2.83. The first kappa shape index (κ1) is 6.16. The zero-order valence-corrected chi connectivity index (χ0v) is 6.04. The van der Waals surface area contributed by atoms with E-state index in [2.05, 4.69) is 4.98 Å². The molecule has 0 aliphatic heterocycles. The van der Waals surface area contributed by atoms with E-state index in [9.17, 15) is 0 Å². The monoisotopic (exact) mass is 145 g/mol. The van der Waals surface area contributed by atoms with Crippen molar-refractivity contribution in [3.05, 3.63) is 36.5 Å². The van der Waals surface area contributed by atoms with Crippen molar-refractivity contribution in [1.82, 2.24) is 0 Å². The summed E-state index contributed by atoms with van der Waals surface area (Å²) in [6.45, 7) is 0. The zero-order valence-electron chi connectivity index (χ0n) is 6.04. The van der Waals surface area contributed by atoms with E-state index in [1.165, 1.54) is 0 Å². The minimum atomic E-state index is 0.767. The lowest BCUT2D eigenvalue weighted by molar-refractivity contribution is -0.343. The molecule has 0 unspecified atom stereocenters. The predicted octanol–water partition coefficient (Wildman–Crippen LogP) is 1.24. The fourth-order valence-corrected chi connectivity index (χ4v) is 1.14. The minimum Gasteiger partial charge on any atom is -0.394 e. The van der Waals surface area contributed by atoms with Gasteiger partial charge in [0, 0.05) is 11.5 Å². The van der Waals surface area contributed by atoms with Gasteiger partial charge in [0.15, 0.2) is 6.20 Å². The van der Waals surface area contributed by atoms with Gasteiger partial charge in [0.1, 0.15) is 0 Å². The summed E-state index contributed by atoms with van der Waals surface area (Å²) in [5, 5.41) is 1.15. The summed E-state index contributed by atoms with van der Waals surface area (Å²) >= 11 is 0. The van der Waals surface area contributed by atoms with Gasteiger partial charge in [0.05, 0.1) is 5.69 Å². The molecular weight excluding hydrogens is 136 g/mol. The number of pyridine rings is 1. The van der Waals surface area contributed by atoms with E-state index in [-0.39, 0.29) is 0 Å². The van der Waals surface area contributed by atoms with Crippen molar-refractivity contribution in [2.24, 2.45) is 0 Å². The molecule has 1 aromatic heterocycles. The molecule has 2 aromatic rings. The molecule has 54 valence electrons. The standard InChI is InChI=1S/C9H8N2/c10-8-5-7-3-1-2-4-9(7)11-6-8/h1-6H,10H2/p+1. The Morgan fingerprint density at radius 2 is 2.00 bits per heavy atom. The molecule has 1 heterocycles. The van der Waals surface area contributed by atoms with Crippen LogP contribution in [-0.2, 0) is 0 Å². The summed E-state index contributed by atoms with van der Waals surface area (Å²) in [5.74, 6) is 0.